The van der Waals surface area contributed by atoms with E-state index in [1.165, 1.54) is 0 Å². The lowest BCUT2D eigenvalue weighted by Crippen LogP contribution is -1.95. The Kier molecular flexibility index (Phi) is 3.75. The molecule has 2 aromatic heterocycles. The van der Waals surface area contributed by atoms with Gasteiger partial charge in [-0.05, 0) is 25.1 Å². The van der Waals surface area contributed by atoms with E-state index in [-0.39, 0.29) is 0 Å². The van der Waals surface area contributed by atoms with Crippen LogP contribution in [0, 0.1) is 6.92 Å². The van der Waals surface area contributed by atoms with Crippen LogP contribution in [0.5, 0.6) is 0 Å². The van der Waals surface area contributed by atoms with Crippen LogP contribution >= 0.6 is 23.4 Å². The molecule has 0 bridgehead atoms. The van der Waals surface area contributed by atoms with E-state index in [2.05, 4.69) is 15.4 Å². The molecule has 102 valence electrons. The molecule has 0 amide bonds. The number of benzene rings is 1. The Morgan fingerprint density at radius 2 is 2.25 bits per heavy atom. The van der Waals surface area contributed by atoms with Crippen LogP contribution in [0.15, 0.2) is 46.3 Å². The molecule has 2 heterocycles. The lowest BCUT2D eigenvalue weighted by molar-refractivity contribution is 0.393. The maximum Gasteiger partial charge on any atom is 0.195 e. The van der Waals surface area contributed by atoms with Crippen molar-refractivity contribution in [2.75, 3.05) is 0 Å². The zero-order chi connectivity index (χ0) is 13.9. The highest BCUT2D eigenvalue weighted by Gasteiger charge is 2.09. The lowest BCUT2D eigenvalue weighted by atomic mass is 10.3. The fourth-order valence-corrected chi connectivity index (χ4v) is 2.74. The molecule has 20 heavy (non-hydrogen) atoms. The van der Waals surface area contributed by atoms with Gasteiger partial charge in [-0.3, -0.25) is 4.57 Å². The molecular weight excluding hydrogens is 296 g/mol. The van der Waals surface area contributed by atoms with E-state index in [9.17, 15) is 0 Å². The van der Waals surface area contributed by atoms with Crippen molar-refractivity contribution in [1.82, 2.24) is 19.9 Å². The summed E-state index contributed by atoms with van der Waals surface area (Å²) in [5.41, 5.74) is 1.81. The second-order valence-corrected chi connectivity index (χ2v) is 5.56. The van der Waals surface area contributed by atoms with Gasteiger partial charge in [-0.2, -0.15) is 0 Å². The molecule has 0 N–H and O–H groups in total. The summed E-state index contributed by atoms with van der Waals surface area (Å²) in [6.07, 6.45) is 1.67. The Hall–Kier alpha value is -1.79. The quantitative estimate of drug-likeness (QED) is 0.690. The molecular formula is C13H11ClN4OS. The van der Waals surface area contributed by atoms with Crippen LogP contribution < -0.4 is 0 Å². The van der Waals surface area contributed by atoms with Crippen molar-refractivity contribution >= 4 is 23.4 Å². The van der Waals surface area contributed by atoms with E-state index in [0.29, 0.717) is 10.8 Å². The van der Waals surface area contributed by atoms with Crippen molar-refractivity contribution in [3.8, 4) is 5.69 Å². The van der Waals surface area contributed by atoms with Crippen molar-refractivity contribution in [3.05, 3.63) is 53.1 Å². The van der Waals surface area contributed by atoms with Gasteiger partial charge < -0.3 is 4.52 Å². The molecule has 0 aliphatic rings. The largest absolute Gasteiger partial charge is 0.361 e. The van der Waals surface area contributed by atoms with Crippen LogP contribution in [0.4, 0.5) is 0 Å². The molecule has 0 saturated carbocycles. The van der Waals surface area contributed by atoms with Gasteiger partial charge in [0.1, 0.15) is 12.1 Å². The third-order valence-corrected chi connectivity index (χ3v) is 3.84. The maximum absolute atomic E-state index is 6.01. The zero-order valence-corrected chi connectivity index (χ0v) is 12.2. The second kappa shape index (κ2) is 5.68. The van der Waals surface area contributed by atoms with Crippen molar-refractivity contribution in [2.24, 2.45) is 0 Å². The molecule has 0 atom stereocenters. The molecule has 0 unspecified atom stereocenters. The topological polar surface area (TPSA) is 56.7 Å². The van der Waals surface area contributed by atoms with Crippen LogP contribution in [0.2, 0.25) is 5.02 Å². The Morgan fingerprint density at radius 3 is 3.00 bits per heavy atom. The first-order valence-electron chi connectivity index (χ1n) is 5.93. The fourth-order valence-electron chi connectivity index (χ4n) is 1.75. The number of aryl methyl sites for hydroxylation is 1. The van der Waals surface area contributed by atoms with Crippen LogP contribution in [0.25, 0.3) is 5.69 Å². The molecule has 0 fully saturated rings. The van der Waals surface area contributed by atoms with E-state index in [1.54, 1.807) is 18.1 Å². The standard InChI is InChI=1S/C13H11ClN4OS/c1-9-5-11(17-19-9)7-20-13-16-15-8-18(13)12-4-2-3-10(14)6-12/h2-6,8H,7H2,1H3. The average molecular weight is 307 g/mol. The smallest absolute Gasteiger partial charge is 0.195 e. The van der Waals surface area contributed by atoms with Crippen LogP contribution in [0.1, 0.15) is 11.5 Å². The average Bonchev–Trinajstić information content (AvgIpc) is 3.05. The third kappa shape index (κ3) is 2.86. The van der Waals surface area contributed by atoms with Crippen molar-refractivity contribution in [1.29, 1.82) is 0 Å². The molecule has 3 aromatic rings. The summed E-state index contributed by atoms with van der Waals surface area (Å²) in [4.78, 5) is 0. The summed E-state index contributed by atoms with van der Waals surface area (Å²) in [7, 11) is 0. The van der Waals surface area contributed by atoms with Gasteiger partial charge in [0.15, 0.2) is 5.16 Å². The molecule has 0 aliphatic carbocycles. The van der Waals surface area contributed by atoms with Gasteiger partial charge >= 0.3 is 0 Å². The SMILES string of the molecule is Cc1cc(CSc2nncn2-c2cccc(Cl)c2)no1. The zero-order valence-electron chi connectivity index (χ0n) is 10.7. The fraction of sp³-hybridized carbons (Fsp3) is 0.154. The molecule has 1 aromatic carbocycles. The summed E-state index contributed by atoms with van der Waals surface area (Å²) in [6.45, 7) is 1.87. The molecule has 5 nitrogen and oxygen atoms in total. The number of aromatic nitrogens is 4. The van der Waals surface area contributed by atoms with Gasteiger partial charge in [0.05, 0.1) is 11.4 Å². The minimum atomic E-state index is 0.677. The molecule has 0 aliphatic heterocycles. The summed E-state index contributed by atoms with van der Waals surface area (Å²) in [5.74, 6) is 1.48. The molecule has 0 saturated heterocycles. The summed E-state index contributed by atoms with van der Waals surface area (Å²) in [5, 5.41) is 13.5. The van der Waals surface area contributed by atoms with E-state index >= 15 is 0 Å². The number of rotatable bonds is 4. The highest BCUT2D eigenvalue weighted by Crippen LogP contribution is 2.24. The number of hydrogen-bond acceptors (Lipinski definition) is 5. The van der Waals surface area contributed by atoms with E-state index in [1.807, 2.05) is 41.8 Å². The third-order valence-electron chi connectivity index (χ3n) is 2.63. The minimum Gasteiger partial charge on any atom is -0.361 e. The first-order chi connectivity index (χ1) is 9.72. The predicted molar refractivity (Wildman–Crippen MR) is 77.2 cm³/mol. The van der Waals surface area contributed by atoms with Crippen molar-refractivity contribution in [3.63, 3.8) is 0 Å². The Bertz CT molecular complexity index is 724. The highest BCUT2D eigenvalue weighted by atomic mass is 35.5. The van der Waals surface area contributed by atoms with Crippen LogP contribution in [-0.2, 0) is 5.75 Å². The van der Waals surface area contributed by atoms with Crippen molar-refractivity contribution < 1.29 is 4.52 Å². The Balaban J connectivity index is 1.80. The highest BCUT2D eigenvalue weighted by molar-refractivity contribution is 7.98. The summed E-state index contributed by atoms with van der Waals surface area (Å²) < 4.78 is 6.93. The van der Waals surface area contributed by atoms with Gasteiger partial charge in [0, 0.05) is 16.8 Å². The number of thioether (sulfide) groups is 1. The minimum absolute atomic E-state index is 0.677. The van der Waals surface area contributed by atoms with Crippen LogP contribution in [-0.4, -0.2) is 19.9 Å². The first-order valence-corrected chi connectivity index (χ1v) is 7.30. The predicted octanol–water partition coefficient (Wildman–Crippen LogP) is 3.51. The van der Waals surface area contributed by atoms with Gasteiger partial charge in [0.2, 0.25) is 0 Å². The molecule has 3 rings (SSSR count). The van der Waals surface area contributed by atoms with Gasteiger partial charge in [-0.15, -0.1) is 10.2 Å². The van der Waals surface area contributed by atoms with Gasteiger partial charge in [-0.25, -0.2) is 0 Å². The van der Waals surface area contributed by atoms with E-state index in [4.69, 9.17) is 16.1 Å². The number of nitrogens with zero attached hydrogens (tertiary/aromatic N) is 4. The normalized spacial score (nSPS) is 10.9. The Morgan fingerprint density at radius 1 is 1.35 bits per heavy atom. The van der Waals surface area contributed by atoms with E-state index < -0.39 is 0 Å². The lowest BCUT2D eigenvalue weighted by Gasteiger charge is -2.05. The number of hydrogen-bond donors (Lipinski definition) is 0. The summed E-state index contributed by atoms with van der Waals surface area (Å²) >= 11 is 7.55. The molecule has 7 heteroatoms. The molecule has 0 spiro atoms. The maximum atomic E-state index is 6.01. The monoisotopic (exact) mass is 306 g/mol. The van der Waals surface area contributed by atoms with Gasteiger partial charge in [-0.1, -0.05) is 34.6 Å². The van der Waals surface area contributed by atoms with E-state index in [0.717, 1.165) is 22.3 Å². The first kappa shape index (κ1) is 13.2. The molecule has 0 radical (unpaired) electrons. The van der Waals surface area contributed by atoms with Crippen LogP contribution in [0.3, 0.4) is 0 Å². The Labute approximate surface area is 124 Å². The number of halogens is 1. The van der Waals surface area contributed by atoms with Gasteiger partial charge in [0.25, 0.3) is 0 Å². The van der Waals surface area contributed by atoms with Crippen molar-refractivity contribution in [2.45, 2.75) is 17.8 Å². The second-order valence-electron chi connectivity index (χ2n) is 4.18. The summed E-state index contributed by atoms with van der Waals surface area (Å²) in [6, 6.07) is 9.47.